The summed E-state index contributed by atoms with van der Waals surface area (Å²) in [5.41, 5.74) is 8.46. The molecule has 142 heavy (non-hydrogen) atoms. The van der Waals surface area contributed by atoms with E-state index in [1.165, 1.54) is 86.5 Å². The van der Waals surface area contributed by atoms with Crippen LogP contribution in [0.1, 0.15) is 151 Å². The first-order valence-corrected chi connectivity index (χ1v) is 45.0. The Kier molecular flexibility index (Phi) is 36.0. The molecule has 0 unspecified atom stereocenters. The quantitative estimate of drug-likeness (QED) is 0.0205. The summed E-state index contributed by atoms with van der Waals surface area (Å²) in [6, 6.07) is 48.7. The van der Waals surface area contributed by atoms with E-state index in [1.54, 1.807) is 156 Å². The second-order valence-electron chi connectivity index (χ2n) is 33.4. The Morgan fingerprint density at radius 2 is 0.725 bits per heavy atom. The summed E-state index contributed by atoms with van der Waals surface area (Å²) < 4.78 is 130. The maximum atomic E-state index is 14.0. The molecule has 0 aliphatic carbocycles. The highest BCUT2D eigenvalue weighted by molar-refractivity contribution is 6.45. The van der Waals surface area contributed by atoms with Crippen LogP contribution in [0.3, 0.4) is 0 Å². The van der Waals surface area contributed by atoms with Gasteiger partial charge in [0.2, 0.25) is 0 Å². The summed E-state index contributed by atoms with van der Waals surface area (Å²) in [5, 5.41) is 39.8. The average Bonchev–Trinajstić information content (AvgIpc) is 0.795. The molecule has 12 aromatic rings. The third kappa shape index (κ3) is 30.1. The standard InChI is InChI=1S/C29H28BF3N4O4.C28H26BF3N4O4.C28H27F3N4O.C21H15ClN2O/c1-19-4-6-22(15-21(19)7-5-20-14-23(18-34-17-20)28(39)41-3)27(38)35-24-8-9-26(25(16-24)29(31,32)33)36-10-12-37(13-11-36)30(2)40;1-18-3-5-21(14-20(18)6-4-19-13-22(27(38)39)17-33-16-19)26(37)34-23-7-8-25(24(15-23)28(30,31)32)35-9-11-36(12-10-35)29(2)40;1-20-5-7-23(16-22(20)8-6-21-4-3-11-32-18-21)27(36)33-25-10-9-24(26(17-25)28(29,30)31)19-35-14-12-34(2)13-15-35;1-15-4-6-18(21(25)24-20-10-8-19(22)9-11-20)13-17(15)7-5-16-3-2-12-23-14-16/h4,6,8-9,14-18,40H,10-13H2,1-3H3,(H,35,38);3,5,7-8,13-17,40H,9-12H2,1-2H3,(H,34,37)(H,38,39);3-5,7,9-11,16-18H,12-15,19H2,1-2H3,(H,33,36);2-4,6,8-14H,1H3,(H,24,25). The number of pyridine rings is 4. The molecule has 0 bridgehead atoms. The van der Waals surface area contributed by atoms with Crippen LogP contribution in [0.4, 0.5) is 73.6 Å². The van der Waals surface area contributed by atoms with Gasteiger partial charge >= 0.3 is 44.6 Å². The van der Waals surface area contributed by atoms with Crippen molar-refractivity contribution in [2.45, 2.75) is 66.4 Å². The number of aromatic nitrogens is 4. The van der Waals surface area contributed by atoms with Crippen molar-refractivity contribution in [3.63, 3.8) is 0 Å². The third-order valence-corrected chi connectivity index (χ3v) is 23.3. The van der Waals surface area contributed by atoms with E-state index in [-0.39, 0.29) is 68.7 Å². The largest absolute Gasteiger partial charge is 0.478 e. The normalized spacial score (nSPS) is 13.3. The Morgan fingerprint density at radius 3 is 1.08 bits per heavy atom. The minimum atomic E-state index is -4.64. The zero-order valence-corrected chi connectivity index (χ0v) is 79.1. The smallest absolute Gasteiger partial charge is 0.418 e. The van der Waals surface area contributed by atoms with Crippen LogP contribution in [0.15, 0.2) is 238 Å². The molecule has 0 atom stereocenters. The highest BCUT2D eigenvalue weighted by Crippen LogP contribution is 2.42. The number of methoxy groups -OCH3 is 1. The number of aromatic carboxylic acids is 1. The first kappa shape index (κ1) is 105. The molecule has 36 heteroatoms. The molecular weight excluding hydrogens is 1860 g/mol. The topological polar surface area (TPSA) is 291 Å². The Hall–Kier alpha value is -15.4. The zero-order valence-electron chi connectivity index (χ0n) is 78.3. The van der Waals surface area contributed by atoms with Gasteiger partial charge in [-0.3, -0.25) is 44.0 Å². The van der Waals surface area contributed by atoms with Crippen molar-refractivity contribution in [1.82, 2.24) is 39.4 Å². The summed E-state index contributed by atoms with van der Waals surface area (Å²) in [4.78, 5) is 101. The number of piperazine rings is 3. The third-order valence-electron chi connectivity index (χ3n) is 23.1. The number of carboxylic acids is 1. The van der Waals surface area contributed by atoms with Crippen molar-refractivity contribution in [2.24, 2.45) is 0 Å². The maximum Gasteiger partial charge on any atom is 0.418 e. The van der Waals surface area contributed by atoms with Crippen molar-refractivity contribution in [2.75, 3.05) is 124 Å². The molecule has 3 aliphatic rings. The number of nitrogens with zero attached hydrogens (tertiary/aromatic N) is 10. The minimum absolute atomic E-state index is 0.00606. The molecule has 8 aromatic carbocycles. The SMILES string of the molecule is CB(O)N1CCN(c2ccc(NC(=O)c3ccc(C)c(C#Cc4cncc(C(=O)O)c4)c3)cc2C(F)(F)F)CC1.COC(=O)c1cncc(C#Cc2cc(C(=O)Nc3ccc(N4CCN(B(C)O)CC4)c(C(F)(F)F)c3)ccc2C)c1.Cc1ccc(C(=O)Nc2ccc(CN3CCN(C)CC3)c(C(F)(F)F)c2)cc1C#Cc1cccnc1.Cc1ccc(C(=O)Nc2ccc(Cl)cc2)cc1C#Cc1cccnc1. The lowest BCUT2D eigenvalue weighted by molar-refractivity contribution is -0.139. The molecule has 3 fully saturated rings. The summed E-state index contributed by atoms with van der Waals surface area (Å²) in [7, 11) is 1.93. The van der Waals surface area contributed by atoms with Crippen LogP contribution in [0, 0.1) is 75.1 Å². The summed E-state index contributed by atoms with van der Waals surface area (Å²) in [6.45, 7) is 17.0. The number of alkyl halides is 9. The molecule has 4 amide bonds. The fraction of sp³-hybridized carbons (Fsp3) is 0.226. The number of carbonyl (C=O) groups excluding carboxylic acids is 5. The summed E-state index contributed by atoms with van der Waals surface area (Å²) >= 11 is 5.86. The van der Waals surface area contributed by atoms with Crippen LogP contribution in [0.2, 0.25) is 18.7 Å². The molecular formula is C106H96B2ClF9N14O10. The fourth-order valence-corrected chi connectivity index (χ4v) is 15.1. The number of esters is 1. The second-order valence-corrected chi connectivity index (χ2v) is 33.8. The van der Waals surface area contributed by atoms with Crippen molar-refractivity contribution >= 4 is 95.4 Å². The zero-order chi connectivity index (χ0) is 102. The Balaban J connectivity index is 0.000000171. The van der Waals surface area contributed by atoms with Crippen molar-refractivity contribution in [3.8, 4) is 47.4 Å². The predicted molar refractivity (Wildman–Crippen MR) is 529 cm³/mol. The number of halogens is 10. The molecule has 0 radical (unpaired) electrons. The molecule has 726 valence electrons. The van der Waals surface area contributed by atoms with E-state index in [1.807, 2.05) is 57.0 Å². The van der Waals surface area contributed by atoms with E-state index in [2.05, 4.69) is 93.5 Å². The van der Waals surface area contributed by atoms with Crippen LogP contribution < -0.4 is 31.1 Å². The van der Waals surface area contributed by atoms with Gasteiger partial charge in [0.05, 0.1) is 34.9 Å². The molecule has 7 heterocycles. The number of likely N-dealkylation sites (N-methyl/N-ethyl adjacent to an activating group) is 1. The van der Waals surface area contributed by atoms with E-state index in [9.17, 15) is 78.3 Å². The number of rotatable bonds is 16. The number of benzene rings is 8. The molecule has 7 N–H and O–H groups in total. The van der Waals surface area contributed by atoms with E-state index >= 15 is 0 Å². The van der Waals surface area contributed by atoms with Crippen molar-refractivity contribution in [3.05, 3.63) is 365 Å². The van der Waals surface area contributed by atoms with Crippen LogP contribution in [-0.2, 0) is 29.8 Å². The molecule has 0 spiro atoms. The van der Waals surface area contributed by atoms with Crippen LogP contribution in [0.5, 0.6) is 0 Å². The fourth-order valence-electron chi connectivity index (χ4n) is 14.9. The number of amides is 4. The number of anilines is 6. The number of nitrogens with one attached hydrogen (secondary N) is 4. The first-order chi connectivity index (χ1) is 67.7. The molecule has 24 nitrogen and oxygen atoms in total. The van der Waals surface area contributed by atoms with Gasteiger partial charge in [0.15, 0.2) is 0 Å². The van der Waals surface area contributed by atoms with Gasteiger partial charge in [0, 0.05) is 241 Å². The lowest BCUT2D eigenvalue weighted by Gasteiger charge is -2.37. The molecule has 3 aliphatic heterocycles. The van der Waals surface area contributed by atoms with Gasteiger partial charge in [0.25, 0.3) is 23.6 Å². The number of hydrogen-bond donors (Lipinski definition) is 7. The van der Waals surface area contributed by atoms with E-state index < -0.39 is 79.0 Å². The predicted octanol–water partition coefficient (Wildman–Crippen LogP) is 17.6. The van der Waals surface area contributed by atoms with Crippen molar-refractivity contribution in [1.29, 1.82) is 0 Å². The maximum absolute atomic E-state index is 14.0. The average molecular weight is 1950 g/mol. The van der Waals surface area contributed by atoms with E-state index in [0.717, 1.165) is 70.2 Å². The summed E-state index contributed by atoms with van der Waals surface area (Å²) in [5.74, 6) is 20.3. The minimum Gasteiger partial charge on any atom is -0.478 e. The van der Waals surface area contributed by atoms with Gasteiger partial charge < -0.3 is 65.5 Å². The Bertz CT molecular complexity index is 6880. The number of aryl methyl sites for hydroxylation is 4. The van der Waals surface area contributed by atoms with Crippen LogP contribution in [0.25, 0.3) is 0 Å². The second kappa shape index (κ2) is 48.4. The lowest BCUT2D eigenvalue weighted by atomic mass is 9.84. The highest BCUT2D eigenvalue weighted by Gasteiger charge is 2.40. The Labute approximate surface area is 821 Å². The van der Waals surface area contributed by atoms with Gasteiger partial charge in [-0.05, 0) is 234 Å². The number of ether oxygens (including phenoxy) is 1. The van der Waals surface area contributed by atoms with Crippen LogP contribution >= 0.6 is 11.6 Å². The van der Waals surface area contributed by atoms with Crippen molar-refractivity contribution < 1.29 is 88.2 Å². The van der Waals surface area contributed by atoms with Gasteiger partial charge in [-0.25, -0.2) is 9.59 Å². The lowest BCUT2D eigenvalue weighted by Crippen LogP contribution is -2.51. The van der Waals surface area contributed by atoms with Crippen LogP contribution in [-0.4, -0.2) is 197 Å². The van der Waals surface area contributed by atoms with Gasteiger partial charge in [-0.15, -0.1) is 0 Å². The van der Waals surface area contributed by atoms with E-state index in [0.29, 0.717) is 115 Å². The van der Waals surface area contributed by atoms with Gasteiger partial charge in [0.1, 0.15) is 0 Å². The molecule has 3 saturated heterocycles. The monoisotopic (exact) mass is 1950 g/mol. The van der Waals surface area contributed by atoms with Gasteiger partial charge in [-0.2, -0.15) is 39.5 Å². The molecule has 0 saturated carbocycles. The first-order valence-electron chi connectivity index (χ1n) is 44.6. The van der Waals surface area contributed by atoms with Gasteiger partial charge in [-0.1, -0.05) is 89.3 Å². The highest BCUT2D eigenvalue weighted by atomic mass is 35.5. The molecule has 15 rings (SSSR count). The Morgan fingerprint density at radius 1 is 0.387 bits per heavy atom. The molecule has 4 aromatic heterocycles. The number of carbonyl (C=O) groups is 6. The number of hydrogen-bond acceptors (Lipinski definition) is 19. The number of carboxylic acid groups (broad SMARTS) is 1. The summed E-state index contributed by atoms with van der Waals surface area (Å²) in [6.07, 6.45) is -1.62. The van der Waals surface area contributed by atoms with E-state index in [4.69, 9.17) is 21.4 Å².